The molecule has 0 fully saturated rings. The number of carbonyl (C=O) groups is 1. The number of aryl methyl sites for hydroxylation is 2. The van der Waals surface area contributed by atoms with Crippen LogP contribution in [0.15, 0.2) is 48.9 Å². The van der Waals surface area contributed by atoms with Crippen molar-refractivity contribution in [1.29, 1.82) is 0 Å². The SMILES string of the molecule is CCn1ncc(C(C)NC(=O)c2cnn3c(-c4ccc(C)cc4)ccnc23)c1C. The van der Waals surface area contributed by atoms with Gasteiger partial charge in [-0.3, -0.25) is 9.48 Å². The standard InChI is InChI=1S/C22H24N6O/c1-5-27-16(4)18(12-24-27)15(3)26-22(29)19-13-25-28-20(10-11-23-21(19)28)17-8-6-14(2)7-9-17/h6-13,15H,5H2,1-4H3,(H,26,29). The average molecular weight is 388 g/mol. The van der Waals surface area contributed by atoms with Crippen molar-refractivity contribution < 1.29 is 4.79 Å². The second-order valence-electron chi connectivity index (χ2n) is 7.19. The van der Waals surface area contributed by atoms with Gasteiger partial charge in [0.25, 0.3) is 5.91 Å². The Hall–Kier alpha value is -3.48. The molecule has 0 aliphatic rings. The molecule has 4 rings (SSSR count). The van der Waals surface area contributed by atoms with Crippen molar-refractivity contribution in [3.8, 4) is 11.3 Å². The molecule has 0 saturated carbocycles. The zero-order valence-electron chi connectivity index (χ0n) is 17.0. The second-order valence-corrected chi connectivity index (χ2v) is 7.19. The third-order valence-corrected chi connectivity index (χ3v) is 5.25. The Balaban J connectivity index is 1.64. The summed E-state index contributed by atoms with van der Waals surface area (Å²) in [5.74, 6) is -0.204. The van der Waals surface area contributed by atoms with Gasteiger partial charge < -0.3 is 5.32 Å². The first-order chi connectivity index (χ1) is 14.0. The summed E-state index contributed by atoms with van der Waals surface area (Å²) in [7, 11) is 0. The van der Waals surface area contributed by atoms with Gasteiger partial charge >= 0.3 is 0 Å². The van der Waals surface area contributed by atoms with Crippen LogP contribution >= 0.6 is 0 Å². The van der Waals surface area contributed by atoms with Gasteiger partial charge in [0, 0.05) is 29.6 Å². The summed E-state index contributed by atoms with van der Waals surface area (Å²) in [5.41, 5.74) is 6.15. The monoisotopic (exact) mass is 388 g/mol. The van der Waals surface area contributed by atoms with E-state index >= 15 is 0 Å². The lowest BCUT2D eigenvalue weighted by Gasteiger charge is -2.13. The number of fused-ring (bicyclic) bond motifs is 1. The van der Waals surface area contributed by atoms with Crippen molar-refractivity contribution >= 4 is 11.6 Å². The van der Waals surface area contributed by atoms with Crippen molar-refractivity contribution in [1.82, 2.24) is 29.7 Å². The van der Waals surface area contributed by atoms with Gasteiger partial charge in [0.15, 0.2) is 5.65 Å². The maximum Gasteiger partial charge on any atom is 0.257 e. The number of benzene rings is 1. The van der Waals surface area contributed by atoms with Crippen molar-refractivity contribution in [2.24, 2.45) is 0 Å². The van der Waals surface area contributed by atoms with E-state index in [1.165, 1.54) is 5.56 Å². The zero-order chi connectivity index (χ0) is 20.5. The summed E-state index contributed by atoms with van der Waals surface area (Å²) >= 11 is 0. The van der Waals surface area contributed by atoms with E-state index < -0.39 is 0 Å². The highest BCUT2D eigenvalue weighted by molar-refractivity contribution is 6.00. The van der Waals surface area contributed by atoms with E-state index in [1.807, 2.05) is 49.8 Å². The van der Waals surface area contributed by atoms with Crippen LogP contribution in [-0.2, 0) is 6.54 Å². The quantitative estimate of drug-likeness (QED) is 0.565. The number of amides is 1. The number of hydrogen-bond acceptors (Lipinski definition) is 4. The Morgan fingerprint density at radius 3 is 2.55 bits per heavy atom. The normalized spacial score (nSPS) is 12.3. The highest BCUT2D eigenvalue weighted by Gasteiger charge is 2.20. The number of nitrogens with one attached hydrogen (secondary N) is 1. The first-order valence-electron chi connectivity index (χ1n) is 9.72. The molecule has 1 amide bonds. The molecule has 0 bridgehead atoms. The van der Waals surface area contributed by atoms with Gasteiger partial charge in [-0.1, -0.05) is 29.8 Å². The molecular formula is C22H24N6O. The van der Waals surface area contributed by atoms with Gasteiger partial charge in [0.1, 0.15) is 5.56 Å². The van der Waals surface area contributed by atoms with Crippen LogP contribution < -0.4 is 5.32 Å². The van der Waals surface area contributed by atoms with Crippen molar-refractivity contribution in [3.63, 3.8) is 0 Å². The lowest BCUT2D eigenvalue weighted by molar-refractivity contribution is 0.0941. The minimum Gasteiger partial charge on any atom is -0.345 e. The van der Waals surface area contributed by atoms with Crippen LogP contribution in [0.4, 0.5) is 0 Å². The van der Waals surface area contributed by atoms with E-state index in [9.17, 15) is 4.79 Å². The van der Waals surface area contributed by atoms with Gasteiger partial charge in [0.2, 0.25) is 0 Å². The summed E-state index contributed by atoms with van der Waals surface area (Å²) in [5, 5.41) is 11.8. The molecule has 1 aromatic carbocycles. The molecule has 0 aliphatic carbocycles. The van der Waals surface area contributed by atoms with Crippen molar-refractivity contribution in [2.75, 3.05) is 0 Å². The van der Waals surface area contributed by atoms with Crippen LogP contribution in [0, 0.1) is 13.8 Å². The fraction of sp³-hybridized carbons (Fsp3) is 0.273. The van der Waals surface area contributed by atoms with Crippen LogP contribution in [0.5, 0.6) is 0 Å². The Morgan fingerprint density at radius 2 is 1.86 bits per heavy atom. The fourth-order valence-electron chi connectivity index (χ4n) is 3.55. The van der Waals surface area contributed by atoms with Crippen LogP contribution in [0.3, 0.4) is 0 Å². The number of rotatable bonds is 5. The average Bonchev–Trinajstić information content (AvgIpc) is 3.31. The Labute approximate surface area is 169 Å². The van der Waals surface area contributed by atoms with Crippen LogP contribution in [0.1, 0.15) is 47.1 Å². The van der Waals surface area contributed by atoms with Crippen LogP contribution in [0.25, 0.3) is 16.9 Å². The smallest absolute Gasteiger partial charge is 0.257 e. The molecule has 0 saturated heterocycles. The lowest BCUT2D eigenvalue weighted by atomic mass is 10.1. The molecule has 7 heteroatoms. The lowest BCUT2D eigenvalue weighted by Crippen LogP contribution is -2.27. The fourth-order valence-corrected chi connectivity index (χ4v) is 3.55. The predicted octanol–water partition coefficient (Wildman–Crippen LogP) is 3.72. The van der Waals surface area contributed by atoms with E-state index in [4.69, 9.17) is 0 Å². The topological polar surface area (TPSA) is 77.1 Å². The minimum absolute atomic E-state index is 0.168. The van der Waals surface area contributed by atoms with Crippen molar-refractivity contribution in [3.05, 3.63) is 71.3 Å². The van der Waals surface area contributed by atoms with E-state index in [2.05, 4.69) is 39.6 Å². The van der Waals surface area contributed by atoms with Gasteiger partial charge in [-0.05, 0) is 33.8 Å². The zero-order valence-corrected chi connectivity index (χ0v) is 17.0. The molecule has 0 aliphatic heterocycles. The molecule has 1 unspecified atom stereocenters. The van der Waals surface area contributed by atoms with E-state index in [0.29, 0.717) is 11.2 Å². The van der Waals surface area contributed by atoms with Crippen molar-refractivity contribution in [2.45, 2.75) is 40.3 Å². The maximum atomic E-state index is 13.0. The molecule has 3 heterocycles. The molecule has 0 radical (unpaired) electrons. The summed E-state index contributed by atoms with van der Waals surface area (Å²) in [4.78, 5) is 17.4. The predicted molar refractivity (Wildman–Crippen MR) is 112 cm³/mol. The number of aromatic nitrogens is 5. The molecule has 1 atom stereocenters. The van der Waals surface area contributed by atoms with Crippen LogP contribution in [0.2, 0.25) is 0 Å². The third kappa shape index (κ3) is 3.40. The summed E-state index contributed by atoms with van der Waals surface area (Å²) in [6.45, 7) is 8.86. The maximum absolute atomic E-state index is 13.0. The molecule has 3 aromatic heterocycles. The first-order valence-corrected chi connectivity index (χ1v) is 9.72. The van der Waals surface area contributed by atoms with Gasteiger partial charge in [0.05, 0.1) is 24.1 Å². The molecule has 148 valence electrons. The summed E-state index contributed by atoms with van der Waals surface area (Å²) in [6.07, 6.45) is 5.10. The van der Waals surface area contributed by atoms with Gasteiger partial charge in [-0.25, -0.2) is 9.50 Å². The van der Waals surface area contributed by atoms with E-state index in [1.54, 1.807) is 16.9 Å². The Bertz CT molecular complexity index is 1170. The molecule has 7 nitrogen and oxygen atoms in total. The first kappa shape index (κ1) is 18.9. The van der Waals surface area contributed by atoms with Crippen LogP contribution in [-0.4, -0.2) is 30.3 Å². The number of hydrogen-bond donors (Lipinski definition) is 1. The number of nitrogens with zero attached hydrogens (tertiary/aromatic N) is 5. The Morgan fingerprint density at radius 1 is 1.10 bits per heavy atom. The van der Waals surface area contributed by atoms with Gasteiger partial charge in [-0.2, -0.15) is 10.2 Å². The molecule has 4 aromatic rings. The second kappa shape index (κ2) is 7.50. The highest BCUT2D eigenvalue weighted by atomic mass is 16.1. The molecule has 29 heavy (non-hydrogen) atoms. The van der Waals surface area contributed by atoms with E-state index in [-0.39, 0.29) is 11.9 Å². The molecule has 1 N–H and O–H groups in total. The Kier molecular flexibility index (Phi) is 4.88. The highest BCUT2D eigenvalue weighted by Crippen LogP contribution is 2.22. The molecule has 0 spiro atoms. The molecular weight excluding hydrogens is 364 g/mol. The van der Waals surface area contributed by atoms with E-state index in [0.717, 1.165) is 29.1 Å². The summed E-state index contributed by atoms with van der Waals surface area (Å²) in [6, 6.07) is 9.93. The summed E-state index contributed by atoms with van der Waals surface area (Å²) < 4.78 is 3.63. The largest absolute Gasteiger partial charge is 0.345 e. The number of carbonyl (C=O) groups excluding carboxylic acids is 1. The van der Waals surface area contributed by atoms with Gasteiger partial charge in [-0.15, -0.1) is 0 Å². The third-order valence-electron chi connectivity index (χ3n) is 5.25. The minimum atomic E-state index is -0.204.